The van der Waals surface area contributed by atoms with Crippen molar-refractivity contribution in [3.8, 4) is 16.9 Å². The van der Waals surface area contributed by atoms with Gasteiger partial charge in [0.05, 0.1) is 41.0 Å². The first-order valence-corrected chi connectivity index (χ1v) is 21.3. The summed E-state index contributed by atoms with van der Waals surface area (Å²) in [6, 6.07) is 19.0. The van der Waals surface area contributed by atoms with Crippen molar-refractivity contribution in [1.29, 1.82) is 0 Å². The molecule has 7 heterocycles. The second-order valence-electron chi connectivity index (χ2n) is 16.8. The van der Waals surface area contributed by atoms with Crippen LogP contribution in [0.15, 0.2) is 85.1 Å². The lowest BCUT2D eigenvalue weighted by Crippen LogP contribution is -2.56. The number of aromatic nitrogens is 7. The molecule has 2 saturated heterocycles. The highest BCUT2D eigenvalue weighted by Gasteiger charge is 2.42. The van der Waals surface area contributed by atoms with Gasteiger partial charge in [-0.3, -0.25) is 14.5 Å². The number of methoxy groups -OCH3 is 1. The molecular weight excluding hydrogens is 842 g/mol. The Labute approximate surface area is 370 Å². The molecule has 2 N–H and O–H groups in total. The highest BCUT2D eigenvalue weighted by atomic mass is 19.1. The smallest absolute Gasteiger partial charge is 0.322 e. The summed E-state index contributed by atoms with van der Waals surface area (Å²) < 4.78 is 54.2. The number of ether oxygens (including phenoxy) is 1. The van der Waals surface area contributed by atoms with E-state index >= 15 is 8.78 Å². The maximum atomic E-state index is 15.5. The number of carbonyl (C=O) groups excluding carboxylic acids is 1. The SMILES string of the molecule is CO[C@H]1CN(C)C(=O)[C@@H]2C[C@@H](CN2c2nc(N3CCN(Cc4ccccc4)C(C(=O)O)C3)nc3c2cnn3-c2ccc(F)cc2F)Nc2cccc(n2)-c2cc(F)cc3nc(C)n(c23)C1. The quantitative estimate of drug-likeness (QED) is 0.213. The summed E-state index contributed by atoms with van der Waals surface area (Å²) >= 11 is 0. The second kappa shape index (κ2) is 16.8. The molecule has 65 heavy (non-hydrogen) atoms. The molecule has 3 aliphatic heterocycles. The van der Waals surface area contributed by atoms with Crippen LogP contribution in [0, 0.1) is 24.4 Å². The molecule has 334 valence electrons. The Morgan fingerprint density at radius 2 is 1.74 bits per heavy atom. The van der Waals surface area contributed by atoms with E-state index in [0.29, 0.717) is 77.7 Å². The number of benzene rings is 3. The number of rotatable bonds is 7. The minimum Gasteiger partial charge on any atom is -0.480 e. The van der Waals surface area contributed by atoms with Crippen LogP contribution in [0.25, 0.3) is 39.0 Å². The summed E-state index contributed by atoms with van der Waals surface area (Å²) in [4.78, 5) is 54.6. The third-order valence-electron chi connectivity index (χ3n) is 12.6. The van der Waals surface area contributed by atoms with Crippen molar-refractivity contribution in [3.05, 3.63) is 114 Å². The van der Waals surface area contributed by atoms with Crippen molar-refractivity contribution in [2.75, 3.05) is 62.0 Å². The van der Waals surface area contributed by atoms with Crippen molar-refractivity contribution >= 4 is 51.5 Å². The van der Waals surface area contributed by atoms with Crippen LogP contribution in [0.4, 0.5) is 30.8 Å². The van der Waals surface area contributed by atoms with E-state index in [1.165, 1.54) is 29.1 Å². The minimum absolute atomic E-state index is 0.0254. The molecule has 0 aliphatic carbocycles. The number of nitrogens with zero attached hydrogens (tertiary/aromatic N) is 11. The molecule has 19 heteroatoms. The molecule has 3 aromatic carbocycles. The minimum atomic E-state index is -1.01. The van der Waals surface area contributed by atoms with Gasteiger partial charge < -0.3 is 34.4 Å². The van der Waals surface area contributed by atoms with Crippen LogP contribution >= 0.6 is 0 Å². The Morgan fingerprint density at radius 3 is 2.52 bits per heavy atom. The van der Waals surface area contributed by atoms with Crippen molar-refractivity contribution in [1.82, 2.24) is 44.1 Å². The molecule has 4 aromatic heterocycles. The molecule has 0 saturated carbocycles. The average molecular weight is 887 g/mol. The number of piperazine rings is 1. The number of pyridine rings is 1. The van der Waals surface area contributed by atoms with Gasteiger partial charge in [0.25, 0.3) is 0 Å². The van der Waals surface area contributed by atoms with E-state index in [1.807, 2.05) is 69.8 Å². The number of fused-ring (bicyclic) bond motifs is 6. The summed E-state index contributed by atoms with van der Waals surface area (Å²) in [6.07, 6.45) is 1.29. The van der Waals surface area contributed by atoms with Gasteiger partial charge in [0.1, 0.15) is 46.9 Å². The first-order valence-electron chi connectivity index (χ1n) is 21.3. The van der Waals surface area contributed by atoms with E-state index in [4.69, 9.17) is 19.7 Å². The van der Waals surface area contributed by atoms with Gasteiger partial charge in [-0.2, -0.15) is 15.1 Å². The number of carbonyl (C=O) groups is 2. The number of imidazole rings is 1. The second-order valence-corrected chi connectivity index (χ2v) is 16.8. The van der Waals surface area contributed by atoms with Crippen LogP contribution in [0.3, 0.4) is 0 Å². The van der Waals surface area contributed by atoms with E-state index in [-0.39, 0.29) is 48.9 Å². The third-order valence-corrected chi connectivity index (χ3v) is 12.6. The lowest BCUT2D eigenvalue weighted by Gasteiger charge is -2.39. The number of aryl methyl sites for hydroxylation is 1. The zero-order chi connectivity index (χ0) is 45.1. The zero-order valence-corrected chi connectivity index (χ0v) is 35.8. The lowest BCUT2D eigenvalue weighted by molar-refractivity contribution is -0.143. The first kappa shape index (κ1) is 41.9. The predicted molar refractivity (Wildman–Crippen MR) is 236 cm³/mol. The van der Waals surface area contributed by atoms with Gasteiger partial charge in [-0.05, 0) is 49.2 Å². The van der Waals surface area contributed by atoms with E-state index in [9.17, 15) is 19.1 Å². The summed E-state index contributed by atoms with van der Waals surface area (Å²) in [7, 11) is 3.29. The first-order chi connectivity index (χ1) is 31.4. The van der Waals surface area contributed by atoms with Crippen molar-refractivity contribution in [2.24, 2.45) is 0 Å². The van der Waals surface area contributed by atoms with Crippen molar-refractivity contribution in [2.45, 2.75) is 50.7 Å². The molecule has 2 fully saturated rings. The fourth-order valence-electron chi connectivity index (χ4n) is 9.43. The molecule has 1 unspecified atom stereocenters. The topological polar surface area (TPSA) is 163 Å². The molecule has 3 aliphatic rings. The zero-order valence-electron chi connectivity index (χ0n) is 35.8. The van der Waals surface area contributed by atoms with Gasteiger partial charge in [0, 0.05) is 77.2 Å². The standard InChI is InChI=1S/C46H45F3N12O4/c1-26-51-36-18-29(48)16-32-35-10-7-11-40(53-35)52-30-19-38(44(62)56(2)23-31(65-3)24-59(26)41(32)36)60(22-30)42-33-20-50-61(37-13-12-28(47)17-34(37)49)43(33)55-46(54-42)58-15-14-57(39(25-58)45(63)64)21-27-8-5-4-6-9-27/h4-13,16-18,20,30-31,38-39H,14-15,19,21-25H2,1-3H3,(H,52,53)(H,63,64)/t30-,31-,38-,39?/m0/s1. The fraction of sp³-hybridized carbons (Fsp3) is 0.326. The molecule has 4 bridgehead atoms. The Kier molecular flexibility index (Phi) is 10.8. The Morgan fingerprint density at radius 1 is 0.908 bits per heavy atom. The number of carboxylic acids is 1. The van der Waals surface area contributed by atoms with E-state index in [2.05, 4.69) is 15.4 Å². The van der Waals surface area contributed by atoms with Gasteiger partial charge in [0.15, 0.2) is 11.5 Å². The maximum absolute atomic E-state index is 15.5. The van der Waals surface area contributed by atoms with Gasteiger partial charge >= 0.3 is 5.97 Å². The van der Waals surface area contributed by atoms with E-state index in [0.717, 1.165) is 17.7 Å². The molecule has 10 rings (SSSR count). The molecule has 0 spiro atoms. The number of likely N-dealkylation sites (N-methyl/N-ethyl adjacent to an activating group) is 1. The number of aliphatic carboxylic acids is 1. The van der Waals surface area contributed by atoms with Gasteiger partial charge in [0.2, 0.25) is 11.9 Å². The Balaban J connectivity index is 1.08. The largest absolute Gasteiger partial charge is 0.480 e. The van der Waals surface area contributed by atoms with Crippen LogP contribution in [-0.2, 0) is 27.4 Å². The molecule has 0 radical (unpaired) electrons. The number of halogens is 3. The lowest BCUT2D eigenvalue weighted by atomic mass is 10.1. The normalized spacial score (nSPS) is 20.6. The van der Waals surface area contributed by atoms with Gasteiger partial charge in [-0.25, -0.2) is 27.8 Å². The average Bonchev–Trinajstić information content (AvgIpc) is 4.00. The number of amides is 1. The fourth-order valence-corrected chi connectivity index (χ4v) is 9.43. The van der Waals surface area contributed by atoms with Gasteiger partial charge in [-0.15, -0.1) is 0 Å². The Bertz CT molecular complexity index is 2970. The highest BCUT2D eigenvalue weighted by Crippen LogP contribution is 2.37. The van der Waals surface area contributed by atoms with E-state index < -0.39 is 41.6 Å². The van der Waals surface area contributed by atoms with Crippen LogP contribution in [0.1, 0.15) is 17.8 Å². The van der Waals surface area contributed by atoms with Crippen LogP contribution in [0.5, 0.6) is 0 Å². The summed E-state index contributed by atoms with van der Waals surface area (Å²) in [6.45, 7) is 3.74. The summed E-state index contributed by atoms with van der Waals surface area (Å²) in [5.74, 6) is -1.71. The summed E-state index contributed by atoms with van der Waals surface area (Å²) in [5.41, 5.74) is 3.34. The third kappa shape index (κ3) is 7.83. The van der Waals surface area contributed by atoms with E-state index in [1.54, 1.807) is 24.0 Å². The predicted octanol–water partition coefficient (Wildman–Crippen LogP) is 5.27. The number of carboxylic acid groups (broad SMARTS) is 1. The van der Waals surface area contributed by atoms with Crippen molar-refractivity contribution < 1.29 is 32.6 Å². The summed E-state index contributed by atoms with van der Waals surface area (Å²) in [5, 5.41) is 19.0. The van der Waals surface area contributed by atoms with Crippen LogP contribution in [-0.4, -0.2) is 132 Å². The number of anilines is 3. The number of hydrogen-bond acceptors (Lipinski definition) is 12. The monoisotopic (exact) mass is 886 g/mol. The Hall–Kier alpha value is -7.12. The number of hydrogen-bond donors (Lipinski definition) is 2. The molecule has 4 atom stereocenters. The van der Waals surface area contributed by atoms with Crippen molar-refractivity contribution in [3.63, 3.8) is 0 Å². The molecule has 16 nitrogen and oxygen atoms in total. The number of nitrogens with one attached hydrogen (secondary N) is 1. The highest BCUT2D eigenvalue weighted by molar-refractivity contribution is 5.94. The maximum Gasteiger partial charge on any atom is 0.322 e. The van der Waals surface area contributed by atoms with Crippen LogP contribution < -0.4 is 15.1 Å². The van der Waals surface area contributed by atoms with Crippen LogP contribution in [0.2, 0.25) is 0 Å². The molecular formula is C46H45F3N12O4. The van der Waals surface area contributed by atoms with Gasteiger partial charge in [-0.1, -0.05) is 36.4 Å². The molecule has 7 aromatic rings. The molecule has 1 amide bonds.